The zero-order valence-corrected chi connectivity index (χ0v) is 11.6. The molecule has 110 valence electrons. The normalized spacial score (nSPS) is 18.1. The van der Waals surface area contributed by atoms with Gasteiger partial charge in [0.1, 0.15) is 5.82 Å². The first-order valence-electron chi connectivity index (χ1n) is 7.18. The van der Waals surface area contributed by atoms with Gasteiger partial charge in [-0.25, -0.2) is 9.18 Å². The molecule has 0 bridgehead atoms. The van der Waals surface area contributed by atoms with Crippen LogP contribution in [-0.4, -0.2) is 18.1 Å². The molecule has 1 aromatic rings. The molecule has 0 radical (unpaired) electrons. The minimum absolute atomic E-state index is 0.274. The Morgan fingerprint density at radius 2 is 1.75 bits per heavy atom. The minimum Gasteiger partial charge on any atom is -0.331 e. The molecule has 1 aromatic carbocycles. The predicted octanol–water partition coefficient (Wildman–Crippen LogP) is 3.00. The second-order valence-electron chi connectivity index (χ2n) is 5.48. The number of rotatable bonds is 3. The Kier molecular flexibility index (Phi) is 4.95. The summed E-state index contributed by atoms with van der Waals surface area (Å²) in [5.74, 6) is -0.321. The number of anilines is 1. The van der Waals surface area contributed by atoms with Gasteiger partial charge in [-0.3, -0.25) is 0 Å². The molecule has 5 heteroatoms. The number of amides is 2. The Labute approximate surface area is 118 Å². The molecule has 1 fully saturated rings. The lowest BCUT2D eigenvalue weighted by Crippen LogP contribution is -2.54. The summed E-state index contributed by atoms with van der Waals surface area (Å²) < 4.78 is 12.8. The molecule has 2 amide bonds. The number of nitrogens with two attached hydrogens (primary N) is 1. The molecule has 0 heterocycles. The second kappa shape index (κ2) is 6.70. The van der Waals surface area contributed by atoms with Gasteiger partial charge in [0, 0.05) is 12.2 Å². The van der Waals surface area contributed by atoms with Crippen LogP contribution in [-0.2, 0) is 0 Å². The Balaban J connectivity index is 1.96. The number of nitrogens with one attached hydrogen (secondary N) is 2. The summed E-state index contributed by atoms with van der Waals surface area (Å²) in [6.45, 7) is 0.448. The third-order valence-electron chi connectivity index (χ3n) is 3.93. The van der Waals surface area contributed by atoms with Crippen molar-refractivity contribution >= 4 is 11.7 Å². The fourth-order valence-corrected chi connectivity index (χ4v) is 2.72. The smallest absolute Gasteiger partial charge is 0.319 e. The Bertz CT molecular complexity index is 439. The van der Waals surface area contributed by atoms with E-state index >= 15 is 0 Å². The van der Waals surface area contributed by atoms with Crippen molar-refractivity contribution in [2.24, 2.45) is 5.73 Å². The zero-order chi connectivity index (χ0) is 14.4. The number of carbonyl (C=O) groups is 1. The van der Waals surface area contributed by atoms with Gasteiger partial charge >= 0.3 is 6.03 Å². The second-order valence-corrected chi connectivity index (χ2v) is 5.48. The quantitative estimate of drug-likeness (QED) is 0.745. The summed E-state index contributed by atoms with van der Waals surface area (Å²) >= 11 is 0. The van der Waals surface area contributed by atoms with Crippen LogP contribution in [0.3, 0.4) is 0 Å². The molecule has 0 aromatic heterocycles. The van der Waals surface area contributed by atoms with Crippen molar-refractivity contribution in [1.82, 2.24) is 5.32 Å². The van der Waals surface area contributed by atoms with Gasteiger partial charge < -0.3 is 16.4 Å². The summed E-state index contributed by atoms with van der Waals surface area (Å²) in [4.78, 5) is 12.1. The number of benzene rings is 1. The van der Waals surface area contributed by atoms with E-state index in [1.54, 1.807) is 0 Å². The molecular formula is C15H22FN3O. The molecule has 4 N–H and O–H groups in total. The Morgan fingerprint density at radius 3 is 2.30 bits per heavy atom. The maximum absolute atomic E-state index is 12.8. The van der Waals surface area contributed by atoms with E-state index in [1.807, 2.05) is 0 Å². The first kappa shape index (κ1) is 14.8. The van der Waals surface area contributed by atoms with Gasteiger partial charge in [0.25, 0.3) is 0 Å². The van der Waals surface area contributed by atoms with Gasteiger partial charge in [-0.15, -0.1) is 0 Å². The molecule has 2 rings (SSSR count). The van der Waals surface area contributed by atoms with Gasteiger partial charge in [-0.05, 0) is 37.1 Å². The summed E-state index contributed by atoms with van der Waals surface area (Å²) in [6.07, 6.45) is 6.41. The van der Waals surface area contributed by atoms with Crippen LogP contribution in [0.2, 0.25) is 0 Å². The van der Waals surface area contributed by atoms with Crippen LogP contribution in [0.4, 0.5) is 14.9 Å². The molecule has 1 saturated carbocycles. The highest BCUT2D eigenvalue weighted by Crippen LogP contribution is 2.26. The molecule has 0 atom stereocenters. The van der Waals surface area contributed by atoms with Crippen LogP contribution >= 0.6 is 0 Å². The van der Waals surface area contributed by atoms with E-state index in [1.165, 1.54) is 37.1 Å². The average Bonchev–Trinajstić information content (AvgIpc) is 2.67. The summed E-state index contributed by atoms with van der Waals surface area (Å²) in [6, 6.07) is 5.44. The lowest BCUT2D eigenvalue weighted by atomic mass is 9.90. The molecule has 4 nitrogen and oxygen atoms in total. The first-order valence-corrected chi connectivity index (χ1v) is 7.18. The SMILES string of the molecule is NCC1(NC(=O)Nc2ccc(F)cc2)CCCCCC1. The fraction of sp³-hybridized carbons (Fsp3) is 0.533. The number of halogens is 1. The van der Waals surface area contributed by atoms with Crippen LogP contribution in [0.5, 0.6) is 0 Å². The van der Waals surface area contributed by atoms with Gasteiger partial charge in [-0.1, -0.05) is 25.7 Å². The monoisotopic (exact) mass is 279 g/mol. The highest BCUT2D eigenvalue weighted by Gasteiger charge is 2.31. The Morgan fingerprint density at radius 1 is 1.15 bits per heavy atom. The number of hydrogen-bond donors (Lipinski definition) is 3. The predicted molar refractivity (Wildman–Crippen MR) is 78.0 cm³/mol. The highest BCUT2D eigenvalue weighted by molar-refractivity contribution is 5.89. The number of carbonyl (C=O) groups excluding carboxylic acids is 1. The van der Waals surface area contributed by atoms with Crippen LogP contribution < -0.4 is 16.4 Å². The van der Waals surface area contributed by atoms with Crippen LogP contribution in [0.25, 0.3) is 0 Å². The van der Waals surface area contributed by atoms with E-state index in [9.17, 15) is 9.18 Å². The van der Waals surface area contributed by atoms with Gasteiger partial charge in [0.15, 0.2) is 0 Å². The van der Waals surface area contributed by atoms with E-state index in [0.717, 1.165) is 25.7 Å². The lowest BCUT2D eigenvalue weighted by Gasteiger charge is -2.32. The van der Waals surface area contributed by atoms with Crippen molar-refractivity contribution in [3.05, 3.63) is 30.1 Å². The molecule has 20 heavy (non-hydrogen) atoms. The lowest BCUT2D eigenvalue weighted by molar-refractivity contribution is 0.230. The topological polar surface area (TPSA) is 67.1 Å². The largest absolute Gasteiger partial charge is 0.331 e. The van der Waals surface area contributed by atoms with E-state index < -0.39 is 0 Å². The highest BCUT2D eigenvalue weighted by atomic mass is 19.1. The van der Waals surface area contributed by atoms with Crippen molar-refractivity contribution in [3.63, 3.8) is 0 Å². The zero-order valence-electron chi connectivity index (χ0n) is 11.6. The van der Waals surface area contributed by atoms with E-state index in [-0.39, 0.29) is 17.4 Å². The maximum atomic E-state index is 12.8. The van der Waals surface area contributed by atoms with E-state index in [4.69, 9.17) is 5.73 Å². The van der Waals surface area contributed by atoms with Gasteiger partial charge in [0.2, 0.25) is 0 Å². The third kappa shape index (κ3) is 3.93. The summed E-state index contributed by atoms with van der Waals surface area (Å²) in [5, 5.41) is 5.74. The van der Waals surface area contributed by atoms with Crippen molar-refractivity contribution in [2.45, 2.75) is 44.1 Å². The summed E-state index contributed by atoms with van der Waals surface area (Å²) in [5.41, 5.74) is 6.15. The van der Waals surface area contributed by atoms with Crippen molar-refractivity contribution in [1.29, 1.82) is 0 Å². The van der Waals surface area contributed by atoms with Crippen LogP contribution in [0.1, 0.15) is 38.5 Å². The van der Waals surface area contributed by atoms with E-state index in [2.05, 4.69) is 10.6 Å². The molecule has 0 unspecified atom stereocenters. The molecule has 0 aliphatic heterocycles. The summed E-state index contributed by atoms with van der Waals surface area (Å²) in [7, 11) is 0. The van der Waals surface area contributed by atoms with Gasteiger partial charge in [-0.2, -0.15) is 0 Å². The average molecular weight is 279 g/mol. The minimum atomic E-state index is -0.321. The van der Waals surface area contributed by atoms with E-state index in [0.29, 0.717) is 12.2 Å². The molecule has 0 saturated heterocycles. The maximum Gasteiger partial charge on any atom is 0.319 e. The molecule has 1 aliphatic carbocycles. The third-order valence-corrected chi connectivity index (χ3v) is 3.93. The van der Waals surface area contributed by atoms with Crippen LogP contribution in [0.15, 0.2) is 24.3 Å². The van der Waals surface area contributed by atoms with Crippen LogP contribution in [0, 0.1) is 5.82 Å². The first-order chi connectivity index (χ1) is 9.63. The fourth-order valence-electron chi connectivity index (χ4n) is 2.72. The van der Waals surface area contributed by atoms with Gasteiger partial charge in [0.05, 0.1) is 5.54 Å². The number of urea groups is 1. The standard InChI is InChI=1S/C15H22FN3O/c16-12-5-7-13(8-6-12)18-14(20)19-15(11-17)9-3-1-2-4-10-15/h5-8H,1-4,9-11,17H2,(H2,18,19,20). The number of hydrogen-bond acceptors (Lipinski definition) is 2. The van der Waals surface area contributed by atoms with Crippen molar-refractivity contribution < 1.29 is 9.18 Å². The van der Waals surface area contributed by atoms with Crippen molar-refractivity contribution in [3.8, 4) is 0 Å². The Hall–Kier alpha value is -1.62. The molecule has 0 spiro atoms. The molecule has 1 aliphatic rings. The molecular weight excluding hydrogens is 257 g/mol. The van der Waals surface area contributed by atoms with Crippen molar-refractivity contribution in [2.75, 3.05) is 11.9 Å².